The van der Waals surface area contributed by atoms with E-state index in [9.17, 15) is 18.3 Å². The van der Waals surface area contributed by atoms with Gasteiger partial charge in [0.2, 0.25) is 0 Å². The number of fused-ring (bicyclic) bond motifs is 1. The molecule has 0 saturated heterocycles. The molecule has 1 N–H and O–H groups in total. The van der Waals surface area contributed by atoms with E-state index in [2.05, 4.69) is 0 Å². The number of carbonyl (C=O) groups is 1. The van der Waals surface area contributed by atoms with Gasteiger partial charge in [-0.05, 0) is 23.8 Å². The monoisotopic (exact) mass is 337 g/mol. The number of nitrogens with zero attached hydrogens (tertiary/aromatic N) is 1. The number of hydrogen-bond acceptors (Lipinski definition) is 3. The zero-order valence-corrected chi connectivity index (χ0v) is 12.9. The Morgan fingerprint density at radius 2 is 1.77 bits per heavy atom. The molecule has 0 radical (unpaired) electrons. The van der Waals surface area contributed by atoms with Gasteiger partial charge in [-0.25, -0.2) is 8.42 Å². The Labute approximate surface area is 132 Å². The minimum Gasteiger partial charge on any atom is -0.481 e. The van der Waals surface area contributed by atoms with E-state index in [1.165, 1.54) is 12.1 Å². The van der Waals surface area contributed by atoms with E-state index in [-0.39, 0.29) is 16.5 Å². The molecule has 1 aliphatic heterocycles. The number of benzene rings is 2. The van der Waals surface area contributed by atoms with E-state index in [4.69, 9.17) is 11.6 Å². The quantitative estimate of drug-likeness (QED) is 0.934. The highest BCUT2D eigenvalue weighted by Crippen LogP contribution is 2.40. The van der Waals surface area contributed by atoms with Crippen LogP contribution in [0.3, 0.4) is 0 Å². The van der Waals surface area contributed by atoms with Crippen molar-refractivity contribution in [2.45, 2.75) is 10.8 Å². The molecule has 0 aromatic heterocycles. The Balaban J connectivity index is 2.14. The molecule has 1 atom stereocenters. The van der Waals surface area contributed by atoms with Gasteiger partial charge < -0.3 is 5.11 Å². The molecular weight excluding hydrogens is 326 g/mol. The van der Waals surface area contributed by atoms with Crippen LogP contribution in [0.25, 0.3) is 0 Å². The van der Waals surface area contributed by atoms with E-state index in [0.29, 0.717) is 11.3 Å². The molecule has 2 aromatic rings. The number of aliphatic carboxylic acids is 1. The predicted molar refractivity (Wildman–Crippen MR) is 82.8 cm³/mol. The highest BCUT2D eigenvalue weighted by atomic mass is 35.5. The van der Waals surface area contributed by atoms with Crippen LogP contribution in [0, 0.1) is 0 Å². The highest BCUT2D eigenvalue weighted by molar-refractivity contribution is 7.93. The fourth-order valence-corrected chi connectivity index (χ4v) is 4.58. The number of sulfonamides is 1. The molecule has 2 aromatic carbocycles. The number of carboxylic acids is 1. The Bertz CT molecular complexity index is 850. The van der Waals surface area contributed by atoms with Gasteiger partial charge in [-0.15, -0.1) is 0 Å². The van der Waals surface area contributed by atoms with Crippen LogP contribution in [0.2, 0.25) is 5.02 Å². The second-order valence-corrected chi connectivity index (χ2v) is 7.15. The van der Waals surface area contributed by atoms with Gasteiger partial charge in [-0.2, -0.15) is 0 Å². The van der Waals surface area contributed by atoms with E-state index in [1.807, 2.05) is 0 Å². The molecule has 3 rings (SSSR count). The summed E-state index contributed by atoms with van der Waals surface area (Å²) in [6, 6.07) is 12.7. The Hall–Kier alpha value is -2.05. The van der Waals surface area contributed by atoms with Crippen LogP contribution >= 0.6 is 11.6 Å². The summed E-state index contributed by atoms with van der Waals surface area (Å²) in [5.41, 5.74) is 0.875. The molecule has 7 heteroatoms. The molecule has 22 heavy (non-hydrogen) atoms. The summed E-state index contributed by atoms with van der Waals surface area (Å²) in [5.74, 6) is -1.93. The maximum Gasteiger partial charge on any atom is 0.312 e. The fourth-order valence-electron chi connectivity index (χ4n) is 2.58. The third kappa shape index (κ3) is 2.24. The molecule has 0 spiro atoms. The van der Waals surface area contributed by atoms with Gasteiger partial charge in [-0.1, -0.05) is 41.9 Å². The van der Waals surface area contributed by atoms with Gasteiger partial charge in [0.25, 0.3) is 10.0 Å². The Morgan fingerprint density at radius 1 is 1.14 bits per heavy atom. The molecule has 5 nitrogen and oxygen atoms in total. The standard InChI is InChI=1S/C15H12ClNO4S/c16-12-6-2-4-8-14(12)22(20,21)17-9-11(15(18)19)10-5-1-3-7-13(10)17/h1-8,11H,9H2,(H,18,19)/t11-/m1/s1. The normalized spacial score (nSPS) is 17.3. The van der Waals surface area contributed by atoms with Crippen LogP contribution in [-0.2, 0) is 14.8 Å². The fraction of sp³-hybridized carbons (Fsp3) is 0.133. The molecule has 114 valence electrons. The van der Waals surface area contributed by atoms with Gasteiger partial charge in [0, 0.05) is 0 Å². The minimum absolute atomic E-state index is 0.0301. The van der Waals surface area contributed by atoms with Crippen molar-refractivity contribution in [1.29, 1.82) is 0 Å². The van der Waals surface area contributed by atoms with Crippen molar-refractivity contribution in [3.05, 3.63) is 59.1 Å². The third-order valence-electron chi connectivity index (χ3n) is 3.63. The van der Waals surface area contributed by atoms with Crippen molar-refractivity contribution in [3.8, 4) is 0 Å². The second-order valence-electron chi connectivity index (χ2n) is 4.92. The summed E-state index contributed by atoms with van der Waals surface area (Å²) in [5, 5.41) is 9.43. The average Bonchev–Trinajstić information content (AvgIpc) is 2.88. The molecular formula is C15H12ClNO4S. The van der Waals surface area contributed by atoms with Crippen LogP contribution < -0.4 is 4.31 Å². The van der Waals surface area contributed by atoms with Crippen LogP contribution in [0.15, 0.2) is 53.4 Å². The summed E-state index contributed by atoms with van der Waals surface area (Å²) < 4.78 is 26.8. The third-order valence-corrected chi connectivity index (χ3v) is 5.91. The summed E-state index contributed by atoms with van der Waals surface area (Å²) in [4.78, 5) is 11.4. The maximum atomic E-state index is 12.8. The smallest absolute Gasteiger partial charge is 0.312 e. The van der Waals surface area contributed by atoms with Crippen molar-refractivity contribution in [3.63, 3.8) is 0 Å². The number of para-hydroxylation sites is 1. The van der Waals surface area contributed by atoms with E-state index in [1.54, 1.807) is 36.4 Å². The molecule has 0 fully saturated rings. The SMILES string of the molecule is O=C(O)[C@@H]1CN(S(=O)(=O)c2ccccc2Cl)c2ccccc21. The van der Waals surface area contributed by atoms with Crippen LogP contribution in [0.5, 0.6) is 0 Å². The van der Waals surface area contributed by atoms with Crippen molar-refractivity contribution < 1.29 is 18.3 Å². The number of anilines is 1. The van der Waals surface area contributed by atoms with Crippen LogP contribution in [0.1, 0.15) is 11.5 Å². The molecule has 0 aliphatic carbocycles. The molecule has 0 saturated carbocycles. The molecule has 1 aliphatic rings. The largest absolute Gasteiger partial charge is 0.481 e. The van der Waals surface area contributed by atoms with Gasteiger partial charge in [0.1, 0.15) is 10.8 Å². The number of rotatable bonds is 3. The molecule has 1 heterocycles. The highest BCUT2D eigenvalue weighted by Gasteiger charge is 2.40. The van der Waals surface area contributed by atoms with E-state index >= 15 is 0 Å². The van der Waals surface area contributed by atoms with Gasteiger partial charge >= 0.3 is 5.97 Å². The van der Waals surface area contributed by atoms with Crippen LogP contribution in [0.4, 0.5) is 5.69 Å². The number of hydrogen-bond donors (Lipinski definition) is 1. The lowest BCUT2D eigenvalue weighted by atomic mass is 10.0. The summed E-state index contributed by atoms with van der Waals surface area (Å²) in [6.07, 6.45) is 0. The first-order valence-electron chi connectivity index (χ1n) is 6.52. The van der Waals surface area contributed by atoms with E-state index in [0.717, 1.165) is 4.31 Å². The number of carboxylic acid groups (broad SMARTS) is 1. The first-order chi connectivity index (χ1) is 10.4. The summed E-state index contributed by atoms with van der Waals surface area (Å²) >= 11 is 5.99. The predicted octanol–water partition coefficient (Wildman–Crippen LogP) is 2.72. The van der Waals surface area contributed by atoms with Crippen molar-refractivity contribution in [1.82, 2.24) is 0 Å². The van der Waals surface area contributed by atoms with Crippen molar-refractivity contribution in [2.75, 3.05) is 10.8 Å². The van der Waals surface area contributed by atoms with Crippen molar-refractivity contribution in [2.24, 2.45) is 0 Å². The van der Waals surface area contributed by atoms with Crippen LogP contribution in [-0.4, -0.2) is 26.0 Å². The zero-order valence-electron chi connectivity index (χ0n) is 11.3. The minimum atomic E-state index is -3.91. The van der Waals surface area contributed by atoms with Gasteiger partial charge in [-0.3, -0.25) is 9.10 Å². The Kier molecular flexibility index (Phi) is 3.58. The summed E-state index contributed by atoms with van der Waals surface area (Å²) in [7, 11) is -3.91. The maximum absolute atomic E-state index is 12.8. The summed E-state index contributed by atoms with van der Waals surface area (Å²) in [6.45, 7) is -0.137. The van der Waals surface area contributed by atoms with Gasteiger partial charge in [0.15, 0.2) is 0 Å². The molecule has 0 amide bonds. The first-order valence-corrected chi connectivity index (χ1v) is 8.33. The lowest BCUT2D eigenvalue weighted by Gasteiger charge is -2.20. The molecule has 0 bridgehead atoms. The molecule has 0 unspecified atom stereocenters. The zero-order chi connectivity index (χ0) is 15.9. The lowest BCUT2D eigenvalue weighted by Crippen LogP contribution is -2.31. The topological polar surface area (TPSA) is 74.7 Å². The first kappa shape index (κ1) is 14.9. The second kappa shape index (κ2) is 5.30. The van der Waals surface area contributed by atoms with Crippen molar-refractivity contribution >= 4 is 33.3 Å². The average molecular weight is 338 g/mol. The van der Waals surface area contributed by atoms with E-state index < -0.39 is 21.9 Å². The Morgan fingerprint density at radius 3 is 2.45 bits per heavy atom. The number of halogens is 1. The lowest BCUT2D eigenvalue weighted by molar-refractivity contribution is -0.138. The van der Waals surface area contributed by atoms with Gasteiger partial charge in [0.05, 0.1) is 17.3 Å².